The van der Waals surface area contributed by atoms with Crippen LogP contribution in [0.15, 0.2) is 24.3 Å². The van der Waals surface area contributed by atoms with E-state index in [1.165, 1.54) is 5.56 Å². The Labute approximate surface area is 145 Å². The number of piperidine rings is 1. The summed E-state index contributed by atoms with van der Waals surface area (Å²) in [6.45, 7) is 6.99. The van der Waals surface area contributed by atoms with Gasteiger partial charge in [0.15, 0.2) is 0 Å². The summed E-state index contributed by atoms with van der Waals surface area (Å²) in [6.07, 6.45) is 3.65. The minimum absolute atomic E-state index is 0. The highest BCUT2D eigenvalue weighted by molar-refractivity contribution is 5.85. The van der Waals surface area contributed by atoms with Crippen molar-refractivity contribution < 1.29 is 9.47 Å². The molecule has 0 saturated carbocycles. The first-order valence-corrected chi connectivity index (χ1v) is 8.52. The van der Waals surface area contributed by atoms with Crippen LogP contribution in [0, 0.1) is 5.92 Å². The second-order valence-electron chi connectivity index (χ2n) is 6.75. The monoisotopic (exact) mass is 340 g/mol. The van der Waals surface area contributed by atoms with Crippen LogP contribution in [0.1, 0.15) is 31.7 Å². The third-order valence-corrected chi connectivity index (χ3v) is 4.85. The first kappa shape index (κ1) is 18.5. The van der Waals surface area contributed by atoms with Gasteiger partial charge >= 0.3 is 0 Å². The molecule has 2 heterocycles. The largest absolute Gasteiger partial charge is 0.491 e. The van der Waals surface area contributed by atoms with Crippen LogP contribution in [-0.2, 0) is 11.3 Å². The molecule has 2 saturated heterocycles. The van der Waals surface area contributed by atoms with Gasteiger partial charge in [-0.15, -0.1) is 12.4 Å². The topological polar surface area (TPSA) is 47.7 Å². The average Bonchev–Trinajstić information content (AvgIpc) is 3.04. The lowest BCUT2D eigenvalue weighted by Gasteiger charge is -2.35. The fourth-order valence-corrected chi connectivity index (χ4v) is 3.31. The van der Waals surface area contributed by atoms with E-state index in [9.17, 15) is 0 Å². The Morgan fingerprint density at radius 1 is 1.26 bits per heavy atom. The quantitative estimate of drug-likeness (QED) is 0.895. The molecule has 1 aromatic carbocycles. The molecule has 0 spiro atoms. The van der Waals surface area contributed by atoms with Crippen molar-refractivity contribution in [2.24, 2.45) is 11.7 Å². The Balaban J connectivity index is 0.00000192. The molecule has 0 radical (unpaired) electrons. The number of likely N-dealkylation sites (tertiary alicyclic amines) is 1. The second-order valence-corrected chi connectivity index (χ2v) is 6.75. The standard InChI is InChI=1S/C18H28N2O2.ClH/c1-14-11-20(9-8-18(14)19)12-15-4-6-16(7-5-15)22-13-17-3-2-10-21-17;/h4-7,14,17-18H,2-3,8-13,19H2,1H3;1H. The molecule has 2 fully saturated rings. The van der Waals surface area contributed by atoms with Crippen LogP contribution in [0.25, 0.3) is 0 Å². The summed E-state index contributed by atoms with van der Waals surface area (Å²) in [5, 5.41) is 0. The lowest BCUT2D eigenvalue weighted by atomic mass is 9.94. The molecule has 3 rings (SSSR count). The molecule has 0 amide bonds. The summed E-state index contributed by atoms with van der Waals surface area (Å²) >= 11 is 0. The van der Waals surface area contributed by atoms with Crippen molar-refractivity contribution in [2.75, 3.05) is 26.3 Å². The average molecular weight is 341 g/mol. The van der Waals surface area contributed by atoms with Crippen LogP contribution < -0.4 is 10.5 Å². The van der Waals surface area contributed by atoms with Gasteiger partial charge in [0, 0.05) is 25.7 Å². The summed E-state index contributed by atoms with van der Waals surface area (Å²) in [5.41, 5.74) is 7.43. The lowest BCUT2D eigenvalue weighted by molar-refractivity contribution is 0.0679. The number of halogens is 1. The van der Waals surface area contributed by atoms with Crippen molar-refractivity contribution in [2.45, 2.75) is 44.9 Å². The van der Waals surface area contributed by atoms with Gasteiger partial charge < -0.3 is 15.2 Å². The molecule has 4 nitrogen and oxygen atoms in total. The first-order valence-electron chi connectivity index (χ1n) is 8.52. The minimum atomic E-state index is 0. The normalized spacial score (nSPS) is 28.3. The number of nitrogens with two attached hydrogens (primary N) is 1. The van der Waals surface area contributed by atoms with Gasteiger partial charge in [-0.2, -0.15) is 0 Å². The summed E-state index contributed by atoms with van der Waals surface area (Å²) in [7, 11) is 0. The predicted molar refractivity (Wildman–Crippen MR) is 95.2 cm³/mol. The minimum Gasteiger partial charge on any atom is -0.491 e. The zero-order chi connectivity index (χ0) is 15.4. The number of ether oxygens (including phenoxy) is 2. The predicted octanol–water partition coefficient (Wildman–Crippen LogP) is 2.84. The van der Waals surface area contributed by atoms with Crippen molar-refractivity contribution in [3.05, 3.63) is 29.8 Å². The van der Waals surface area contributed by atoms with Crippen LogP contribution in [0.5, 0.6) is 5.75 Å². The van der Waals surface area contributed by atoms with Gasteiger partial charge in [-0.3, -0.25) is 4.90 Å². The van der Waals surface area contributed by atoms with Gasteiger partial charge in [-0.25, -0.2) is 0 Å². The van der Waals surface area contributed by atoms with Crippen LogP contribution in [0.4, 0.5) is 0 Å². The van der Waals surface area contributed by atoms with Gasteiger partial charge in [0.2, 0.25) is 0 Å². The van der Waals surface area contributed by atoms with Crippen molar-refractivity contribution in [1.82, 2.24) is 4.90 Å². The Hall–Kier alpha value is -0.810. The van der Waals surface area contributed by atoms with Gasteiger partial charge in [0.05, 0.1) is 6.10 Å². The van der Waals surface area contributed by atoms with E-state index in [4.69, 9.17) is 15.2 Å². The molecule has 3 unspecified atom stereocenters. The Bertz CT molecular complexity index is 463. The number of rotatable bonds is 5. The molecular weight excluding hydrogens is 312 g/mol. The molecule has 0 aromatic heterocycles. The van der Waals surface area contributed by atoms with E-state index in [1.807, 2.05) is 0 Å². The highest BCUT2D eigenvalue weighted by Gasteiger charge is 2.22. The maximum Gasteiger partial charge on any atom is 0.119 e. The Morgan fingerprint density at radius 3 is 2.70 bits per heavy atom. The molecular formula is C18H29ClN2O2. The second kappa shape index (κ2) is 8.88. The first-order chi connectivity index (χ1) is 10.7. The van der Waals surface area contributed by atoms with Gasteiger partial charge in [-0.1, -0.05) is 19.1 Å². The SMILES string of the molecule is CC1CN(Cc2ccc(OCC3CCCO3)cc2)CCC1N.Cl. The highest BCUT2D eigenvalue weighted by Crippen LogP contribution is 2.20. The van der Waals surface area contributed by atoms with Crippen LogP contribution in [0.2, 0.25) is 0 Å². The van der Waals surface area contributed by atoms with Crippen molar-refractivity contribution in [3.8, 4) is 5.75 Å². The van der Waals surface area contributed by atoms with Crippen molar-refractivity contribution in [3.63, 3.8) is 0 Å². The zero-order valence-corrected chi connectivity index (χ0v) is 14.8. The Morgan fingerprint density at radius 2 is 2.04 bits per heavy atom. The molecule has 5 heteroatoms. The van der Waals surface area contributed by atoms with E-state index in [0.29, 0.717) is 18.6 Å². The van der Waals surface area contributed by atoms with E-state index >= 15 is 0 Å². The molecule has 0 bridgehead atoms. The third kappa shape index (κ3) is 5.35. The molecule has 1 aromatic rings. The van der Waals surface area contributed by atoms with Crippen molar-refractivity contribution >= 4 is 12.4 Å². The number of hydrogen-bond donors (Lipinski definition) is 1. The van der Waals surface area contributed by atoms with Crippen LogP contribution in [-0.4, -0.2) is 43.3 Å². The molecule has 2 aliphatic heterocycles. The Kier molecular flexibility index (Phi) is 7.15. The summed E-state index contributed by atoms with van der Waals surface area (Å²) < 4.78 is 11.4. The molecule has 2 N–H and O–H groups in total. The van der Waals surface area contributed by atoms with Crippen LogP contribution in [0.3, 0.4) is 0 Å². The summed E-state index contributed by atoms with van der Waals surface area (Å²) in [6, 6.07) is 8.85. The third-order valence-electron chi connectivity index (χ3n) is 4.85. The van der Waals surface area contributed by atoms with Crippen LogP contribution >= 0.6 is 12.4 Å². The molecule has 2 aliphatic rings. The van der Waals surface area contributed by atoms with Gasteiger partial charge in [0.1, 0.15) is 12.4 Å². The van der Waals surface area contributed by atoms with E-state index < -0.39 is 0 Å². The summed E-state index contributed by atoms with van der Waals surface area (Å²) in [5.74, 6) is 1.52. The molecule has 130 valence electrons. The fraction of sp³-hybridized carbons (Fsp3) is 0.667. The maximum atomic E-state index is 6.09. The van der Waals surface area contributed by atoms with Gasteiger partial charge in [0.25, 0.3) is 0 Å². The smallest absolute Gasteiger partial charge is 0.119 e. The number of nitrogens with zero attached hydrogens (tertiary/aromatic N) is 1. The maximum absolute atomic E-state index is 6.09. The van der Waals surface area contributed by atoms with E-state index in [1.54, 1.807) is 0 Å². The van der Waals surface area contributed by atoms with Gasteiger partial charge in [-0.05, 0) is 49.4 Å². The molecule has 0 aliphatic carbocycles. The lowest BCUT2D eigenvalue weighted by Crippen LogP contribution is -2.45. The van der Waals surface area contributed by atoms with Crippen molar-refractivity contribution in [1.29, 1.82) is 0 Å². The zero-order valence-electron chi connectivity index (χ0n) is 13.9. The van der Waals surface area contributed by atoms with E-state index in [-0.39, 0.29) is 18.5 Å². The highest BCUT2D eigenvalue weighted by atomic mass is 35.5. The summed E-state index contributed by atoms with van der Waals surface area (Å²) in [4.78, 5) is 2.50. The fourth-order valence-electron chi connectivity index (χ4n) is 3.31. The number of benzene rings is 1. The van der Waals surface area contributed by atoms with E-state index in [2.05, 4.69) is 36.1 Å². The molecule has 3 atom stereocenters. The van der Waals surface area contributed by atoms with E-state index in [0.717, 1.165) is 51.3 Å². The molecule has 23 heavy (non-hydrogen) atoms. The number of hydrogen-bond acceptors (Lipinski definition) is 4.